The van der Waals surface area contributed by atoms with E-state index in [4.69, 9.17) is 4.74 Å². The predicted molar refractivity (Wildman–Crippen MR) is 71.1 cm³/mol. The van der Waals surface area contributed by atoms with E-state index in [9.17, 15) is 4.39 Å². The molecule has 0 spiro atoms. The molecule has 1 aromatic rings. The molecular weight excluding hydrogens is 229 g/mol. The number of aryl methyl sites for hydroxylation is 1. The molecule has 1 N–H and O–H groups in total. The van der Waals surface area contributed by atoms with Crippen molar-refractivity contribution >= 4 is 0 Å². The van der Waals surface area contributed by atoms with E-state index in [0.717, 1.165) is 43.5 Å². The van der Waals surface area contributed by atoms with Gasteiger partial charge in [0, 0.05) is 18.2 Å². The Kier molecular flexibility index (Phi) is 4.72. The van der Waals surface area contributed by atoms with Gasteiger partial charge in [-0.3, -0.25) is 0 Å². The minimum atomic E-state index is -0.121. The molecule has 1 aliphatic rings. The lowest BCUT2D eigenvalue weighted by Gasteiger charge is -2.22. The Labute approximate surface area is 109 Å². The van der Waals surface area contributed by atoms with E-state index in [1.54, 1.807) is 6.07 Å². The van der Waals surface area contributed by atoms with E-state index in [1.165, 1.54) is 0 Å². The molecule has 1 aliphatic heterocycles. The lowest BCUT2D eigenvalue weighted by molar-refractivity contribution is 0.0944. The molecule has 0 aliphatic carbocycles. The lowest BCUT2D eigenvalue weighted by atomic mass is 9.97. The van der Waals surface area contributed by atoms with Crippen molar-refractivity contribution in [3.8, 4) is 0 Å². The third-order valence-corrected chi connectivity index (χ3v) is 3.50. The highest BCUT2D eigenvalue weighted by molar-refractivity contribution is 5.27. The Morgan fingerprint density at radius 1 is 1.50 bits per heavy atom. The summed E-state index contributed by atoms with van der Waals surface area (Å²) >= 11 is 0. The van der Waals surface area contributed by atoms with Gasteiger partial charge in [0.05, 0.1) is 6.10 Å². The molecule has 0 saturated carbocycles. The van der Waals surface area contributed by atoms with Gasteiger partial charge in [-0.05, 0) is 38.8 Å². The van der Waals surface area contributed by atoms with Gasteiger partial charge in [0.25, 0.3) is 0 Å². The van der Waals surface area contributed by atoms with Crippen LogP contribution >= 0.6 is 0 Å². The zero-order chi connectivity index (χ0) is 13.0. The molecule has 1 fully saturated rings. The van der Waals surface area contributed by atoms with Gasteiger partial charge in [-0.2, -0.15) is 0 Å². The minimum absolute atomic E-state index is 0.0537. The number of halogens is 1. The molecule has 0 amide bonds. The summed E-state index contributed by atoms with van der Waals surface area (Å²) in [6.07, 6.45) is 3.34. The number of hydrogen-bond acceptors (Lipinski definition) is 2. The minimum Gasteiger partial charge on any atom is -0.378 e. The maximum Gasteiger partial charge on any atom is 0.127 e. The summed E-state index contributed by atoms with van der Waals surface area (Å²) in [4.78, 5) is 0. The molecule has 18 heavy (non-hydrogen) atoms. The van der Waals surface area contributed by atoms with Crippen LogP contribution in [0.1, 0.15) is 43.4 Å². The molecule has 100 valence electrons. The summed E-state index contributed by atoms with van der Waals surface area (Å²) < 4.78 is 19.6. The van der Waals surface area contributed by atoms with Gasteiger partial charge in [-0.15, -0.1) is 0 Å². The zero-order valence-electron chi connectivity index (χ0n) is 11.2. The summed E-state index contributed by atoms with van der Waals surface area (Å²) in [5.41, 5.74) is 1.87. The lowest BCUT2D eigenvalue weighted by Crippen LogP contribution is -2.26. The Balaban J connectivity index is 2.14. The van der Waals surface area contributed by atoms with Crippen molar-refractivity contribution in [2.75, 3.05) is 13.2 Å². The van der Waals surface area contributed by atoms with Gasteiger partial charge in [0.1, 0.15) is 5.82 Å². The van der Waals surface area contributed by atoms with Gasteiger partial charge in [-0.1, -0.05) is 24.6 Å². The van der Waals surface area contributed by atoms with E-state index < -0.39 is 0 Å². The van der Waals surface area contributed by atoms with Crippen LogP contribution in [0.2, 0.25) is 0 Å². The number of nitrogens with one attached hydrogen (secondary N) is 1. The van der Waals surface area contributed by atoms with Crippen molar-refractivity contribution in [1.82, 2.24) is 5.32 Å². The molecule has 1 saturated heterocycles. The number of benzene rings is 1. The largest absolute Gasteiger partial charge is 0.378 e. The monoisotopic (exact) mass is 251 g/mol. The van der Waals surface area contributed by atoms with Crippen LogP contribution in [0.3, 0.4) is 0 Å². The van der Waals surface area contributed by atoms with Crippen molar-refractivity contribution in [2.45, 2.75) is 45.3 Å². The van der Waals surface area contributed by atoms with Gasteiger partial charge in [0.15, 0.2) is 0 Å². The van der Waals surface area contributed by atoms with Gasteiger partial charge < -0.3 is 10.1 Å². The standard InChI is InChI=1S/C15H22FNO/c1-3-17-15(10-12-5-4-8-18-12)13-9-11(2)6-7-14(13)16/h6-7,9,12,15,17H,3-5,8,10H2,1-2H3. The second-order valence-corrected chi connectivity index (χ2v) is 5.01. The molecule has 0 bridgehead atoms. The predicted octanol–water partition coefficient (Wildman–Crippen LogP) is 3.35. The van der Waals surface area contributed by atoms with Crippen molar-refractivity contribution in [1.29, 1.82) is 0 Å². The van der Waals surface area contributed by atoms with Crippen LogP contribution in [0.15, 0.2) is 18.2 Å². The fourth-order valence-corrected chi connectivity index (χ4v) is 2.59. The summed E-state index contributed by atoms with van der Waals surface area (Å²) in [6, 6.07) is 5.37. The number of rotatable bonds is 5. The van der Waals surface area contributed by atoms with Crippen LogP contribution < -0.4 is 5.32 Å². The van der Waals surface area contributed by atoms with Crippen LogP contribution in [-0.4, -0.2) is 19.3 Å². The van der Waals surface area contributed by atoms with Crippen LogP contribution in [-0.2, 0) is 4.74 Å². The SMILES string of the molecule is CCNC(CC1CCCO1)c1cc(C)ccc1F. The zero-order valence-corrected chi connectivity index (χ0v) is 11.2. The Morgan fingerprint density at radius 2 is 2.33 bits per heavy atom. The summed E-state index contributed by atoms with van der Waals surface area (Å²) in [6.45, 7) is 5.73. The number of hydrogen-bond donors (Lipinski definition) is 1. The first kappa shape index (κ1) is 13.5. The highest BCUT2D eigenvalue weighted by atomic mass is 19.1. The van der Waals surface area contributed by atoms with Crippen molar-refractivity contribution in [3.63, 3.8) is 0 Å². The molecule has 2 atom stereocenters. The summed E-state index contributed by atoms with van der Waals surface area (Å²) in [7, 11) is 0. The third kappa shape index (κ3) is 3.30. The van der Waals surface area contributed by atoms with Crippen LogP contribution in [0.4, 0.5) is 4.39 Å². The van der Waals surface area contributed by atoms with Gasteiger partial charge in [0.2, 0.25) is 0 Å². The van der Waals surface area contributed by atoms with Crippen molar-refractivity contribution in [3.05, 3.63) is 35.1 Å². The first-order valence-corrected chi connectivity index (χ1v) is 6.81. The van der Waals surface area contributed by atoms with Crippen LogP contribution in [0.25, 0.3) is 0 Å². The number of ether oxygens (including phenoxy) is 1. The van der Waals surface area contributed by atoms with E-state index in [0.29, 0.717) is 0 Å². The smallest absolute Gasteiger partial charge is 0.127 e. The molecule has 3 heteroatoms. The molecular formula is C15H22FNO. The molecule has 2 unspecified atom stereocenters. The van der Waals surface area contributed by atoms with Crippen molar-refractivity contribution in [2.24, 2.45) is 0 Å². The van der Waals surface area contributed by atoms with Gasteiger partial charge >= 0.3 is 0 Å². The average molecular weight is 251 g/mol. The normalized spacial score (nSPS) is 21.2. The quantitative estimate of drug-likeness (QED) is 0.866. The highest BCUT2D eigenvalue weighted by Gasteiger charge is 2.23. The maximum atomic E-state index is 13.9. The van der Waals surface area contributed by atoms with Crippen LogP contribution in [0, 0.1) is 12.7 Å². The Bertz CT molecular complexity index is 388. The Hall–Kier alpha value is -0.930. The second kappa shape index (κ2) is 6.30. The summed E-state index contributed by atoms with van der Waals surface area (Å²) in [5, 5.41) is 3.37. The van der Waals surface area contributed by atoms with E-state index in [-0.39, 0.29) is 18.0 Å². The topological polar surface area (TPSA) is 21.3 Å². The van der Waals surface area contributed by atoms with E-state index in [1.807, 2.05) is 19.1 Å². The second-order valence-electron chi connectivity index (χ2n) is 5.01. The summed E-state index contributed by atoms with van der Waals surface area (Å²) in [5.74, 6) is -0.121. The average Bonchev–Trinajstić information content (AvgIpc) is 2.85. The molecule has 0 aromatic heterocycles. The fraction of sp³-hybridized carbons (Fsp3) is 0.600. The molecule has 0 radical (unpaired) electrons. The molecule has 2 rings (SSSR count). The van der Waals surface area contributed by atoms with Crippen LogP contribution in [0.5, 0.6) is 0 Å². The highest BCUT2D eigenvalue weighted by Crippen LogP contribution is 2.27. The first-order chi connectivity index (χ1) is 8.70. The molecule has 2 nitrogen and oxygen atoms in total. The molecule has 1 heterocycles. The maximum absolute atomic E-state index is 13.9. The third-order valence-electron chi connectivity index (χ3n) is 3.50. The fourth-order valence-electron chi connectivity index (χ4n) is 2.59. The van der Waals surface area contributed by atoms with E-state index in [2.05, 4.69) is 12.2 Å². The van der Waals surface area contributed by atoms with Gasteiger partial charge in [-0.25, -0.2) is 4.39 Å². The van der Waals surface area contributed by atoms with Crippen molar-refractivity contribution < 1.29 is 9.13 Å². The Morgan fingerprint density at radius 3 is 3.00 bits per heavy atom. The molecule has 1 aromatic carbocycles. The first-order valence-electron chi connectivity index (χ1n) is 6.81. The van der Waals surface area contributed by atoms with E-state index >= 15 is 0 Å².